The van der Waals surface area contributed by atoms with Crippen molar-refractivity contribution in [2.45, 2.75) is 31.6 Å². The maximum Gasteiger partial charge on any atom is 0.336 e. The molecule has 0 amide bonds. The topological polar surface area (TPSA) is 94.1 Å². The van der Waals surface area contributed by atoms with Gasteiger partial charge in [0.2, 0.25) is 0 Å². The number of Topliss-reactive ketones (excluding diaryl/α,β-unsaturated/α-hetero) is 1. The van der Waals surface area contributed by atoms with Gasteiger partial charge in [-0.3, -0.25) is 4.79 Å². The molecule has 1 aliphatic carbocycles. The first-order valence-electron chi connectivity index (χ1n) is 13.0. The molecule has 1 aliphatic heterocycles. The second-order valence-corrected chi connectivity index (χ2v) is 9.66. The average molecular weight is 526 g/mol. The lowest BCUT2D eigenvalue weighted by Crippen LogP contribution is -2.36. The number of dihydropyridines is 1. The van der Waals surface area contributed by atoms with E-state index in [2.05, 4.69) is 5.32 Å². The summed E-state index contributed by atoms with van der Waals surface area (Å²) in [6.45, 7) is 2.06. The van der Waals surface area contributed by atoms with Crippen molar-refractivity contribution in [2.24, 2.45) is 0 Å². The Kier molecular flexibility index (Phi) is 7.68. The highest BCUT2D eigenvalue weighted by molar-refractivity contribution is 6.04. The van der Waals surface area contributed by atoms with Gasteiger partial charge in [-0.25, -0.2) is 4.79 Å². The third kappa shape index (κ3) is 5.53. The summed E-state index contributed by atoms with van der Waals surface area (Å²) in [7, 11) is 1.46. The molecule has 200 valence electrons. The van der Waals surface area contributed by atoms with Gasteiger partial charge in [0.05, 0.1) is 12.7 Å². The third-order valence-corrected chi connectivity index (χ3v) is 7.18. The molecule has 0 aromatic heterocycles. The summed E-state index contributed by atoms with van der Waals surface area (Å²) < 4.78 is 16.6. The fourth-order valence-electron chi connectivity index (χ4n) is 5.37. The molecule has 2 aliphatic rings. The number of phenols is 1. The van der Waals surface area contributed by atoms with Crippen LogP contribution >= 0.6 is 0 Å². The molecule has 3 aromatic carbocycles. The van der Waals surface area contributed by atoms with Crippen LogP contribution < -0.4 is 14.8 Å². The Balaban J connectivity index is 1.45. The molecule has 0 radical (unpaired) electrons. The van der Waals surface area contributed by atoms with E-state index in [0.29, 0.717) is 41.0 Å². The zero-order chi connectivity index (χ0) is 27.4. The Hall–Kier alpha value is -4.52. The number of para-hydroxylation sites is 1. The molecule has 0 spiro atoms. The van der Waals surface area contributed by atoms with Crippen molar-refractivity contribution >= 4 is 11.8 Å². The number of nitrogens with one attached hydrogen (secondary N) is 1. The minimum atomic E-state index is -0.664. The van der Waals surface area contributed by atoms with E-state index >= 15 is 0 Å². The normalized spacial score (nSPS) is 18.8. The van der Waals surface area contributed by atoms with E-state index in [1.165, 1.54) is 13.2 Å². The highest BCUT2D eigenvalue weighted by Crippen LogP contribution is 2.46. The number of benzene rings is 3. The molecular formula is C32H31NO6. The van der Waals surface area contributed by atoms with E-state index in [-0.39, 0.29) is 36.4 Å². The first-order chi connectivity index (χ1) is 19.0. The number of phenolic OH excluding ortho intramolecular Hbond substituents is 1. The van der Waals surface area contributed by atoms with Gasteiger partial charge in [-0.1, -0.05) is 54.6 Å². The van der Waals surface area contributed by atoms with Crippen LogP contribution in [0.5, 0.6) is 17.2 Å². The van der Waals surface area contributed by atoms with Crippen LogP contribution in [0.2, 0.25) is 0 Å². The van der Waals surface area contributed by atoms with Crippen molar-refractivity contribution in [2.75, 3.05) is 20.3 Å². The van der Waals surface area contributed by atoms with Gasteiger partial charge in [-0.05, 0) is 54.7 Å². The van der Waals surface area contributed by atoms with Gasteiger partial charge >= 0.3 is 5.97 Å². The lowest BCUT2D eigenvalue weighted by Gasteiger charge is -2.36. The molecule has 0 saturated carbocycles. The number of aromatic hydroxyl groups is 1. The van der Waals surface area contributed by atoms with Crippen molar-refractivity contribution in [1.29, 1.82) is 0 Å². The molecule has 7 nitrogen and oxygen atoms in total. The standard InChI is InChI=1S/C32H31NO6/c1-20-29(32(36)39-16-15-38-24-11-7-4-8-12-24)30(22-13-14-26(34)28(19-22)37-2)31-25(33-20)17-23(18-27(31)35)21-9-5-3-6-10-21/h3-14,19,23,30,33-34H,15-18H2,1-2H3/t23-,30+/m0/s1. The van der Waals surface area contributed by atoms with Crippen molar-refractivity contribution in [1.82, 2.24) is 5.32 Å². The van der Waals surface area contributed by atoms with Crippen LogP contribution in [0, 0.1) is 0 Å². The van der Waals surface area contributed by atoms with Gasteiger partial charge in [0.25, 0.3) is 0 Å². The Morgan fingerprint density at radius 3 is 2.38 bits per heavy atom. The van der Waals surface area contributed by atoms with Gasteiger partial charge in [0.15, 0.2) is 17.3 Å². The summed E-state index contributed by atoms with van der Waals surface area (Å²) >= 11 is 0. The Morgan fingerprint density at radius 2 is 1.67 bits per heavy atom. The van der Waals surface area contributed by atoms with Gasteiger partial charge in [-0.2, -0.15) is 0 Å². The van der Waals surface area contributed by atoms with E-state index < -0.39 is 11.9 Å². The molecule has 3 aromatic rings. The number of ether oxygens (including phenoxy) is 3. The maximum atomic E-state index is 13.7. The predicted octanol–water partition coefficient (Wildman–Crippen LogP) is 5.38. The number of hydrogen-bond donors (Lipinski definition) is 2. The molecule has 0 bridgehead atoms. The number of carbonyl (C=O) groups excluding carboxylic acids is 2. The third-order valence-electron chi connectivity index (χ3n) is 7.18. The summed E-state index contributed by atoms with van der Waals surface area (Å²) in [5.41, 5.74) is 4.10. The molecule has 39 heavy (non-hydrogen) atoms. The monoisotopic (exact) mass is 525 g/mol. The Bertz CT molecular complexity index is 1430. The van der Waals surface area contributed by atoms with Crippen LogP contribution in [0.25, 0.3) is 0 Å². The zero-order valence-electron chi connectivity index (χ0n) is 22.0. The fraction of sp³-hybridized carbons (Fsp3) is 0.250. The summed E-state index contributed by atoms with van der Waals surface area (Å²) in [5, 5.41) is 13.6. The molecule has 0 unspecified atom stereocenters. The summed E-state index contributed by atoms with van der Waals surface area (Å²) in [4.78, 5) is 27.2. The molecule has 0 fully saturated rings. The smallest absolute Gasteiger partial charge is 0.336 e. The molecule has 2 atom stereocenters. The first-order valence-corrected chi connectivity index (χ1v) is 13.0. The summed E-state index contributed by atoms with van der Waals surface area (Å²) in [6.07, 6.45) is 0.976. The lowest BCUT2D eigenvalue weighted by molar-refractivity contribution is -0.140. The lowest BCUT2D eigenvalue weighted by atomic mass is 9.71. The van der Waals surface area contributed by atoms with E-state index in [0.717, 1.165) is 11.3 Å². The summed E-state index contributed by atoms with van der Waals surface area (Å²) in [6, 6.07) is 24.2. The number of methoxy groups -OCH3 is 1. The average Bonchev–Trinajstić information content (AvgIpc) is 2.95. The van der Waals surface area contributed by atoms with Gasteiger partial charge in [-0.15, -0.1) is 0 Å². The minimum Gasteiger partial charge on any atom is -0.504 e. The second kappa shape index (κ2) is 11.5. The number of hydrogen-bond acceptors (Lipinski definition) is 7. The van der Waals surface area contributed by atoms with Crippen LogP contribution in [0.15, 0.2) is 101 Å². The maximum absolute atomic E-state index is 13.7. The fourth-order valence-corrected chi connectivity index (χ4v) is 5.37. The zero-order valence-corrected chi connectivity index (χ0v) is 22.0. The van der Waals surface area contributed by atoms with Crippen LogP contribution in [-0.2, 0) is 14.3 Å². The van der Waals surface area contributed by atoms with Crippen molar-refractivity contribution in [3.63, 3.8) is 0 Å². The number of allylic oxidation sites excluding steroid dienone is 3. The van der Waals surface area contributed by atoms with Gasteiger partial charge in [0, 0.05) is 29.3 Å². The van der Waals surface area contributed by atoms with E-state index in [1.807, 2.05) is 67.6 Å². The molecule has 0 saturated heterocycles. The van der Waals surface area contributed by atoms with E-state index in [1.54, 1.807) is 12.1 Å². The molecule has 7 heteroatoms. The van der Waals surface area contributed by atoms with E-state index in [4.69, 9.17) is 14.2 Å². The molecule has 5 rings (SSSR count). The molecule has 1 heterocycles. The molecule has 2 N–H and O–H groups in total. The largest absolute Gasteiger partial charge is 0.504 e. The van der Waals surface area contributed by atoms with Crippen LogP contribution in [-0.4, -0.2) is 37.2 Å². The number of rotatable bonds is 8. The highest BCUT2D eigenvalue weighted by Gasteiger charge is 2.41. The van der Waals surface area contributed by atoms with Crippen molar-refractivity contribution < 1.29 is 28.9 Å². The van der Waals surface area contributed by atoms with Crippen LogP contribution in [0.3, 0.4) is 0 Å². The van der Waals surface area contributed by atoms with Crippen LogP contribution in [0.4, 0.5) is 0 Å². The second-order valence-electron chi connectivity index (χ2n) is 9.66. The van der Waals surface area contributed by atoms with E-state index in [9.17, 15) is 14.7 Å². The summed E-state index contributed by atoms with van der Waals surface area (Å²) in [5.74, 6) is -0.253. The van der Waals surface area contributed by atoms with Crippen LogP contribution in [0.1, 0.15) is 42.7 Å². The minimum absolute atomic E-state index is 0.0219. The highest BCUT2D eigenvalue weighted by atomic mass is 16.6. The van der Waals surface area contributed by atoms with Crippen molar-refractivity contribution in [3.8, 4) is 17.2 Å². The molecular weight excluding hydrogens is 494 g/mol. The SMILES string of the molecule is COc1cc([C@@H]2C(C(=O)OCCOc3ccccc3)=C(C)NC3=C2C(=O)C[C@@H](c2ccccc2)C3)ccc1O. The Morgan fingerprint density at radius 1 is 0.949 bits per heavy atom. The van der Waals surface area contributed by atoms with Gasteiger partial charge < -0.3 is 24.6 Å². The van der Waals surface area contributed by atoms with Gasteiger partial charge in [0.1, 0.15) is 19.0 Å². The first kappa shape index (κ1) is 26.1. The number of esters is 1. The van der Waals surface area contributed by atoms with Crippen molar-refractivity contribution in [3.05, 3.63) is 113 Å². The predicted molar refractivity (Wildman–Crippen MR) is 147 cm³/mol. The quantitative estimate of drug-likeness (QED) is 0.301. The number of carbonyl (C=O) groups is 2. The Labute approximate surface area is 227 Å². The number of ketones is 1.